The van der Waals surface area contributed by atoms with E-state index in [0.717, 1.165) is 0 Å². The number of anilines is 1. The zero-order chi connectivity index (χ0) is 15.0. The maximum atomic E-state index is 13.2. The summed E-state index contributed by atoms with van der Waals surface area (Å²) in [4.78, 5) is 26.8. The van der Waals surface area contributed by atoms with Gasteiger partial charge in [-0.3, -0.25) is 10.1 Å². The number of aromatic amines is 1. The van der Waals surface area contributed by atoms with Gasteiger partial charge in [0.2, 0.25) is 5.95 Å². The molecule has 0 saturated heterocycles. The van der Waals surface area contributed by atoms with Crippen LogP contribution >= 0.6 is 11.6 Å². The zero-order valence-electron chi connectivity index (χ0n) is 10.8. The van der Waals surface area contributed by atoms with Crippen molar-refractivity contribution in [1.82, 2.24) is 19.9 Å². The fraction of sp³-hybridized carbons (Fsp3) is 0.0769. The number of rotatable bonds is 2. The summed E-state index contributed by atoms with van der Waals surface area (Å²) in [5.41, 5.74) is 1.52. The molecular formula is C13H9ClFN5O. The van der Waals surface area contributed by atoms with Gasteiger partial charge in [-0.25, -0.2) is 9.37 Å². The second kappa shape index (κ2) is 5.10. The van der Waals surface area contributed by atoms with Crippen LogP contribution in [0.4, 0.5) is 10.3 Å². The molecule has 21 heavy (non-hydrogen) atoms. The van der Waals surface area contributed by atoms with Crippen LogP contribution in [0.2, 0.25) is 5.15 Å². The van der Waals surface area contributed by atoms with Gasteiger partial charge >= 0.3 is 0 Å². The van der Waals surface area contributed by atoms with Crippen LogP contribution in [0, 0.1) is 12.7 Å². The first-order valence-corrected chi connectivity index (χ1v) is 6.36. The predicted molar refractivity (Wildman–Crippen MR) is 75.8 cm³/mol. The quantitative estimate of drug-likeness (QED) is 0.713. The number of halogens is 2. The van der Waals surface area contributed by atoms with E-state index < -0.39 is 5.91 Å². The highest BCUT2D eigenvalue weighted by Gasteiger charge is 2.13. The van der Waals surface area contributed by atoms with Crippen LogP contribution in [-0.2, 0) is 0 Å². The van der Waals surface area contributed by atoms with Crippen LogP contribution in [0.25, 0.3) is 11.2 Å². The summed E-state index contributed by atoms with van der Waals surface area (Å²) < 4.78 is 13.2. The molecule has 0 aliphatic rings. The lowest BCUT2D eigenvalue weighted by Crippen LogP contribution is -2.14. The molecule has 0 aliphatic heterocycles. The minimum absolute atomic E-state index is 0.0339. The molecule has 1 amide bonds. The van der Waals surface area contributed by atoms with E-state index in [9.17, 15) is 9.18 Å². The van der Waals surface area contributed by atoms with E-state index in [1.54, 1.807) is 6.92 Å². The molecule has 0 aliphatic carbocycles. The fourth-order valence-electron chi connectivity index (χ4n) is 1.81. The van der Waals surface area contributed by atoms with E-state index in [1.165, 1.54) is 24.5 Å². The summed E-state index contributed by atoms with van der Waals surface area (Å²) in [5.74, 6) is -0.792. The smallest absolute Gasteiger partial charge is 0.258 e. The number of imidazole rings is 1. The van der Waals surface area contributed by atoms with Crippen molar-refractivity contribution < 1.29 is 9.18 Å². The van der Waals surface area contributed by atoms with Gasteiger partial charge in [-0.1, -0.05) is 11.6 Å². The van der Waals surface area contributed by atoms with Crippen molar-refractivity contribution >= 4 is 34.6 Å². The van der Waals surface area contributed by atoms with Crippen molar-refractivity contribution in [3.63, 3.8) is 0 Å². The summed E-state index contributed by atoms with van der Waals surface area (Å²) in [7, 11) is 0. The number of aryl methyl sites for hydroxylation is 1. The Labute approximate surface area is 123 Å². The number of hydrogen-bond donors (Lipinski definition) is 2. The first-order chi connectivity index (χ1) is 10.0. The highest BCUT2D eigenvalue weighted by Crippen LogP contribution is 2.18. The van der Waals surface area contributed by atoms with Gasteiger partial charge in [-0.05, 0) is 30.7 Å². The van der Waals surface area contributed by atoms with Crippen LogP contribution in [0.1, 0.15) is 15.9 Å². The summed E-state index contributed by atoms with van der Waals surface area (Å²) in [6.07, 6.45) is 1.43. The van der Waals surface area contributed by atoms with Gasteiger partial charge in [0.15, 0.2) is 10.8 Å². The molecule has 3 rings (SSSR count). The molecule has 0 spiro atoms. The third-order valence-electron chi connectivity index (χ3n) is 2.89. The highest BCUT2D eigenvalue weighted by molar-refractivity contribution is 6.33. The van der Waals surface area contributed by atoms with E-state index >= 15 is 0 Å². The number of amides is 1. The molecule has 6 nitrogen and oxygen atoms in total. The van der Waals surface area contributed by atoms with E-state index in [1.807, 2.05) is 0 Å². The Hall–Kier alpha value is -2.54. The Balaban J connectivity index is 1.90. The van der Waals surface area contributed by atoms with Crippen LogP contribution in [0.5, 0.6) is 0 Å². The molecule has 2 aromatic heterocycles. The first-order valence-electron chi connectivity index (χ1n) is 5.99. The maximum absolute atomic E-state index is 13.2. The normalized spacial score (nSPS) is 10.8. The van der Waals surface area contributed by atoms with E-state index in [4.69, 9.17) is 11.6 Å². The van der Waals surface area contributed by atoms with E-state index in [2.05, 4.69) is 25.3 Å². The molecule has 8 heteroatoms. The topological polar surface area (TPSA) is 83.6 Å². The lowest BCUT2D eigenvalue weighted by atomic mass is 10.1. The van der Waals surface area contributed by atoms with Crippen molar-refractivity contribution in [3.05, 3.63) is 46.6 Å². The summed E-state index contributed by atoms with van der Waals surface area (Å²) in [6, 6.07) is 4.06. The fourth-order valence-corrected chi connectivity index (χ4v) is 2.03. The van der Waals surface area contributed by atoms with E-state index in [0.29, 0.717) is 22.3 Å². The third kappa shape index (κ3) is 2.55. The predicted octanol–water partition coefficient (Wildman–Crippen LogP) is 2.71. The Bertz CT molecular complexity index is 848. The molecule has 0 atom stereocenters. The van der Waals surface area contributed by atoms with Crippen LogP contribution < -0.4 is 5.32 Å². The molecule has 0 radical (unpaired) electrons. The summed E-state index contributed by atoms with van der Waals surface area (Å²) in [5, 5.41) is 2.66. The Morgan fingerprint density at radius 2 is 2.19 bits per heavy atom. The van der Waals surface area contributed by atoms with Crippen molar-refractivity contribution in [1.29, 1.82) is 0 Å². The number of carbonyl (C=O) groups is 1. The molecule has 2 N–H and O–H groups in total. The summed E-state index contributed by atoms with van der Waals surface area (Å²) in [6.45, 7) is 1.58. The Morgan fingerprint density at radius 1 is 1.38 bits per heavy atom. The molecule has 106 valence electrons. The number of carbonyl (C=O) groups excluding carboxylic acids is 1. The van der Waals surface area contributed by atoms with Gasteiger partial charge in [0.25, 0.3) is 5.91 Å². The molecule has 3 aromatic rings. The number of benzene rings is 1. The lowest BCUT2D eigenvalue weighted by molar-refractivity contribution is 0.102. The minimum Gasteiger partial charge on any atom is -0.341 e. The molecule has 0 fully saturated rings. The highest BCUT2D eigenvalue weighted by atomic mass is 35.5. The number of fused-ring (bicyclic) bond motifs is 1. The number of nitrogens with zero attached hydrogens (tertiary/aromatic N) is 3. The Kier molecular flexibility index (Phi) is 3.26. The van der Waals surface area contributed by atoms with Gasteiger partial charge in [0.05, 0.1) is 6.33 Å². The van der Waals surface area contributed by atoms with Crippen molar-refractivity contribution in [2.24, 2.45) is 0 Å². The molecule has 1 aromatic carbocycles. The van der Waals surface area contributed by atoms with Gasteiger partial charge in [0, 0.05) is 5.56 Å². The van der Waals surface area contributed by atoms with Gasteiger partial charge < -0.3 is 4.98 Å². The van der Waals surface area contributed by atoms with Crippen LogP contribution in [-0.4, -0.2) is 25.8 Å². The van der Waals surface area contributed by atoms with Gasteiger partial charge in [-0.15, -0.1) is 0 Å². The average Bonchev–Trinajstić information content (AvgIpc) is 2.90. The maximum Gasteiger partial charge on any atom is 0.258 e. The van der Waals surface area contributed by atoms with Crippen LogP contribution in [0.3, 0.4) is 0 Å². The molecule has 0 bridgehead atoms. The first kappa shape index (κ1) is 13.4. The zero-order valence-corrected chi connectivity index (χ0v) is 11.6. The number of H-pyrrole nitrogens is 1. The van der Waals surface area contributed by atoms with Gasteiger partial charge in [-0.2, -0.15) is 9.97 Å². The number of hydrogen-bond acceptors (Lipinski definition) is 4. The largest absolute Gasteiger partial charge is 0.341 e. The van der Waals surface area contributed by atoms with Gasteiger partial charge in [0.1, 0.15) is 11.3 Å². The second-order valence-corrected chi connectivity index (χ2v) is 4.72. The second-order valence-electron chi connectivity index (χ2n) is 4.36. The Morgan fingerprint density at radius 3 is 2.95 bits per heavy atom. The number of nitrogens with one attached hydrogen (secondary N) is 2. The average molecular weight is 306 g/mol. The van der Waals surface area contributed by atoms with Crippen molar-refractivity contribution in [2.75, 3.05) is 5.32 Å². The standard InChI is InChI=1S/C13H9ClFN5O/c1-6-4-7(2-3-8(6)15)12(21)20-13-18-10(14)9-11(19-13)17-5-16-9/h2-5H,1H3,(H2,16,17,18,19,20,21). The lowest BCUT2D eigenvalue weighted by Gasteiger charge is -2.05. The third-order valence-corrected chi connectivity index (χ3v) is 3.16. The summed E-state index contributed by atoms with van der Waals surface area (Å²) >= 11 is 5.96. The molecule has 0 saturated carbocycles. The van der Waals surface area contributed by atoms with Crippen LogP contribution in [0.15, 0.2) is 24.5 Å². The van der Waals surface area contributed by atoms with Crippen molar-refractivity contribution in [3.8, 4) is 0 Å². The SMILES string of the molecule is Cc1cc(C(=O)Nc2nc(Cl)c3[nH]cnc3n2)ccc1F. The molecule has 0 unspecified atom stereocenters. The minimum atomic E-state index is -0.455. The van der Waals surface area contributed by atoms with E-state index in [-0.39, 0.29) is 16.9 Å². The molecule has 2 heterocycles. The molecular weight excluding hydrogens is 297 g/mol. The monoisotopic (exact) mass is 305 g/mol. The number of aromatic nitrogens is 4. The van der Waals surface area contributed by atoms with Crippen molar-refractivity contribution in [2.45, 2.75) is 6.92 Å².